The van der Waals surface area contributed by atoms with Crippen LogP contribution in [0.3, 0.4) is 0 Å². The third-order valence-corrected chi connectivity index (χ3v) is 2.39. The maximum Gasteiger partial charge on any atom is 0.182 e. The monoisotopic (exact) mass is 206 g/mol. The second-order valence-electron chi connectivity index (χ2n) is 3.31. The van der Waals surface area contributed by atoms with Gasteiger partial charge in [-0.05, 0) is 31.6 Å². The van der Waals surface area contributed by atoms with Crippen molar-refractivity contribution in [3.63, 3.8) is 0 Å². The number of fused-ring (bicyclic) bond motifs is 1. The highest BCUT2D eigenvalue weighted by atomic mass is 16.5. The fourth-order valence-electron chi connectivity index (χ4n) is 1.63. The van der Waals surface area contributed by atoms with Crippen LogP contribution in [0.5, 0.6) is 5.75 Å². The summed E-state index contributed by atoms with van der Waals surface area (Å²) in [6.45, 7) is 0.916. The first kappa shape index (κ1) is 9.98. The molecule has 0 aliphatic heterocycles. The van der Waals surface area contributed by atoms with Gasteiger partial charge in [0.25, 0.3) is 0 Å². The Hall–Kier alpha value is -1.55. The number of nitrogens with zero attached hydrogens (tertiary/aromatic N) is 1. The van der Waals surface area contributed by atoms with Gasteiger partial charge in [0.05, 0.1) is 7.11 Å². The molecule has 1 N–H and O–H groups in total. The molecular weight excluding hydrogens is 192 g/mol. The smallest absolute Gasteiger partial charge is 0.182 e. The first-order chi connectivity index (χ1) is 7.36. The standard InChI is InChI=1S/C11H14N2O2/c1-12-6-5-8-3-4-9-10(11(8)14-2)13-7-15-9/h3-4,7,12H,5-6H2,1-2H3. The molecule has 0 saturated carbocycles. The molecular formula is C11H14N2O2. The predicted molar refractivity (Wildman–Crippen MR) is 58.2 cm³/mol. The molecule has 15 heavy (non-hydrogen) atoms. The van der Waals surface area contributed by atoms with Gasteiger partial charge in [-0.1, -0.05) is 6.07 Å². The second-order valence-corrected chi connectivity index (χ2v) is 3.31. The zero-order valence-electron chi connectivity index (χ0n) is 8.91. The van der Waals surface area contributed by atoms with E-state index in [4.69, 9.17) is 9.15 Å². The number of aromatic nitrogens is 1. The third-order valence-electron chi connectivity index (χ3n) is 2.39. The number of hydrogen-bond acceptors (Lipinski definition) is 4. The van der Waals surface area contributed by atoms with E-state index in [1.165, 1.54) is 6.39 Å². The van der Waals surface area contributed by atoms with Crippen molar-refractivity contribution < 1.29 is 9.15 Å². The topological polar surface area (TPSA) is 47.3 Å². The molecule has 1 aromatic carbocycles. The molecule has 4 nitrogen and oxygen atoms in total. The fourth-order valence-corrected chi connectivity index (χ4v) is 1.63. The molecule has 0 radical (unpaired) electrons. The van der Waals surface area contributed by atoms with Crippen LogP contribution in [0.2, 0.25) is 0 Å². The lowest BCUT2D eigenvalue weighted by Crippen LogP contribution is -2.10. The van der Waals surface area contributed by atoms with Crippen LogP contribution >= 0.6 is 0 Å². The lowest BCUT2D eigenvalue weighted by molar-refractivity contribution is 0.413. The van der Waals surface area contributed by atoms with Gasteiger partial charge in [0, 0.05) is 0 Å². The van der Waals surface area contributed by atoms with Crippen molar-refractivity contribution in [1.82, 2.24) is 10.3 Å². The predicted octanol–water partition coefficient (Wildman–Crippen LogP) is 1.60. The average Bonchev–Trinajstić information content (AvgIpc) is 2.73. The highest BCUT2D eigenvalue weighted by Crippen LogP contribution is 2.28. The van der Waals surface area contributed by atoms with Crippen molar-refractivity contribution in [1.29, 1.82) is 0 Å². The van der Waals surface area contributed by atoms with Crippen LogP contribution < -0.4 is 10.1 Å². The summed E-state index contributed by atoms with van der Waals surface area (Å²) in [5.41, 5.74) is 2.71. The Labute approximate surface area is 88.3 Å². The average molecular weight is 206 g/mol. The molecule has 0 atom stereocenters. The quantitative estimate of drug-likeness (QED) is 0.825. The fraction of sp³-hybridized carbons (Fsp3) is 0.364. The minimum Gasteiger partial charge on any atom is -0.494 e. The van der Waals surface area contributed by atoms with E-state index in [1.54, 1.807) is 7.11 Å². The molecule has 1 heterocycles. The Morgan fingerprint density at radius 3 is 3.07 bits per heavy atom. The molecule has 0 fully saturated rings. The first-order valence-corrected chi connectivity index (χ1v) is 4.90. The van der Waals surface area contributed by atoms with E-state index >= 15 is 0 Å². The number of rotatable bonds is 4. The lowest BCUT2D eigenvalue weighted by Gasteiger charge is -2.07. The van der Waals surface area contributed by atoms with Crippen LogP contribution in [0.15, 0.2) is 22.9 Å². The number of oxazole rings is 1. The summed E-state index contributed by atoms with van der Waals surface area (Å²) in [5.74, 6) is 0.816. The van der Waals surface area contributed by atoms with Gasteiger partial charge in [0.2, 0.25) is 0 Å². The zero-order chi connectivity index (χ0) is 10.7. The number of nitrogens with one attached hydrogen (secondary N) is 1. The van der Waals surface area contributed by atoms with E-state index in [-0.39, 0.29) is 0 Å². The first-order valence-electron chi connectivity index (χ1n) is 4.90. The summed E-state index contributed by atoms with van der Waals surface area (Å²) in [6, 6.07) is 3.94. The molecule has 0 unspecified atom stereocenters. The van der Waals surface area contributed by atoms with Crippen LogP contribution in [0.4, 0.5) is 0 Å². The zero-order valence-corrected chi connectivity index (χ0v) is 8.91. The third kappa shape index (κ3) is 1.80. The van der Waals surface area contributed by atoms with Gasteiger partial charge in [-0.2, -0.15) is 0 Å². The highest BCUT2D eigenvalue weighted by Gasteiger charge is 2.10. The maximum atomic E-state index is 5.36. The van der Waals surface area contributed by atoms with Gasteiger partial charge in [-0.15, -0.1) is 0 Å². The molecule has 0 bridgehead atoms. The molecule has 1 aromatic heterocycles. The maximum absolute atomic E-state index is 5.36. The molecule has 0 aliphatic carbocycles. The van der Waals surface area contributed by atoms with Gasteiger partial charge in [-0.25, -0.2) is 4.98 Å². The van der Waals surface area contributed by atoms with Crippen LogP contribution in [0.25, 0.3) is 11.1 Å². The van der Waals surface area contributed by atoms with Crippen LogP contribution in [-0.4, -0.2) is 25.7 Å². The van der Waals surface area contributed by atoms with Gasteiger partial charge >= 0.3 is 0 Å². The van der Waals surface area contributed by atoms with Crippen molar-refractivity contribution in [3.8, 4) is 5.75 Å². The van der Waals surface area contributed by atoms with Gasteiger partial charge < -0.3 is 14.5 Å². The summed E-state index contributed by atoms with van der Waals surface area (Å²) in [7, 11) is 3.59. The van der Waals surface area contributed by atoms with Gasteiger partial charge in [-0.3, -0.25) is 0 Å². The summed E-state index contributed by atoms with van der Waals surface area (Å²) in [6.07, 6.45) is 2.36. The summed E-state index contributed by atoms with van der Waals surface area (Å²) >= 11 is 0. The van der Waals surface area contributed by atoms with E-state index in [0.717, 1.165) is 35.4 Å². The molecule has 4 heteroatoms. The second kappa shape index (κ2) is 4.31. The number of ether oxygens (including phenoxy) is 1. The number of hydrogen-bond donors (Lipinski definition) is 1. The van der Waals surface area contributed by atoms with Crippen molar-refractivity contribution in [2.45, 2.75) is 6.42 Å². The Morgan fingerprint density at radius 2 is 2.33 bits per heavy atom. The van der Waals surface area contributed by atoms with Crippen LogP contribution in [-0.2, 0) is 6.42 Å². The largest absolute Gasteiger partial charge is 0.494 e. The van der Waals surface area contributed by atoms with Gasteiger partial charge in [0.1, 0.15) is 0 Å². The van der Waals surface area contributed by atoms with Crippen molar-refractivity contribution >= 4 is 11.1 Å². The Kier molecular flexibility index (Phi) is 2.87. The summed E-state index contributed by atoms with van der Waals surface area (Å²) in [4.78, 5) is 4.15. The minimum atomic E-state index is 0.764. The van der Waals surface area contributed by atoms with E-state index in [9.17, 15) is 0 Å². The van der Waals surface area contributed by atoms with Gasteiger partial charge in [0.15, 0.2) is 23.2 Å². The van der Waals surface area contributed by atoms with Crippen LogP contribution in [0.1, 0.15) is 5.56 Å². The summed E-state index contributed by atoms with van der Waals surface area (Å²) < 4.78 is 10.6. The number of likely N-dealkylation sites (N-methyl/N-ethyl adjacent to an activating group) is 1. The van der Waals surface area contributed by atoms with Crippen molar-refractivity contribution in [3.05, 3.63) is 24.1 Å². The Morgan fingerprint density at radius 1 is 1.47 bits per heavy atom. The van der Waals surface area contributed by atoms with Crippen molar-refractivity contribution in [2.75, 3.05) is 20.7 Å². The Balaban J connectivity index is 2.44. The van der Waals surface area contributed by atoms with E-state index in [2.05, 4.69) is 10.3 Å². The van der Waals surface area contributed by atoms with E-state index < -0.39 is 0 Å². The molecule has 2 aromatic rings. The highest BCUT2D eigenvalue weighted by molar-refractivity contribution is 5.81. The lowest BCUT2D eigenvalue weighted by atomic mass is 10.1. The molecule has 2 rings (SSSR count). The van der Waals surface area contributed by atoms with E-state index in [0.29, 0.717) is 0 Å². The summed E-state index contributed by atoms with van der Waals surface area (Å²) in [5, 5.41) is 3.11. The van der Waals surface area contributed by atoms with E-state index in [1.807, 2.05) is 19.2 Å². The SMILES string of the molecule is CNCCc1ccc2ocnc2c1OC. The molecule has 0 aliphatic rings. The van der Waals surface area contributed by atoms with Crippen LogP contribution in [0, 0.1) is 0 Å². The molecule has 0 saturated heterocycles. The Bertz CT molecular complexity index is 451. The normalized spacial score (nSPS) is 10.8. The number of methoxy groups -OCH3 is 1. The van der Waals surface area contributed by atoms with Crippen molar-refractivity contribution in [2.24, 2.45) is 0 Å². The minimum absolute atomic E-state index is 0.764. The molecule has 0 amide bonds. The molecule has 80 valence electrons. The number of benzene rings is 1. The molecule has 0 spiro atoms.